The third-order valence-electron chi connectivity index (χ3n) is 3.21. The Balaban J connectivity index is 1.94. The van der Waals surface area contributed by atoms with E-state index in [1.165, 1.54) is 9.13 Å². The van der Waals surface area contributed by atoms with Gasteiger partial charge in [-0.1, -0.05) is 5.21 Å². The third kappa shape index (κ3) is 2.49. The molecule has 0 saturated carbocycles. The van der Waals surface area contributed by atoms with Gasteiger partial charge in [-0.3, -0.25) is 9.48 Å². The summed E-state index contributed by atoms with van der Waals surface area (Å²) in [6.07, 6.45) is 3.23. The van der Waals surface area contributed by atoms with Crippen molar-refractivity contribution in [3.05, 3.63) is 39.2 Å². The van der Waals surface area contributed by atoms with Crippen LogP contribution in [0.25, 0.3) is 0 Å². The van der Waals surface area contributed by atoms with Crippen LogP contribution < -0.4 is 4.90 Å². The molecule has 0 radical (unpaired) electrons. The van der Waals surface area contributed by atoms with Gasteiger partial charge in [0.1, 0.15) is 5.69 Å². The van der Waals surface area contributed by atoms with E-state index in [9.17, 15) is 4.79 Å². The van der Waals surface area contributed by atoms with E-state index in [0.29, 0.717) is 13.0 Å². The standard InChI is InChI=1S/C13H13IN4O/c1-17-7-11(15-16-17)8-18-12-4-3-10(14)6-9(12)2-5-13(18)19/h3-4,6-7H,2,5,8H2,1H3. The summed E-state index contributed by atoms with van der Waals surface area (Å²) in [5.41, 5.74) is 3.04. The van der Waals surface area contributed by atoms with Gasteiger partial charge < -0.3 is 4.90 Å². The minimum Gasteiger partial charge on any atom is -0.306 e. The maximum Gasteiger partial charge on any atom is 0.227 e. The minimum absolute atomic E-state index is 0.152. The van der Waals surface area contributed by atoms with Crippen LogP contribution >= 0.6 is 22.6 Å². The number of halogens is 1. The Bertz CT molecular complexity index is 637. The van der Waals surface area contributed by atoms with Crippen molar-refractivity contribution in [2.75, 3.05) is 4.90 Å². The zero-order valence-electron chi connectivity index (χ0n) is 10.5. The summed E-state index contributed by atoms with van der Waals surface area (Å²) in [6.45, 7) is 0.486. The van der Waals surface area contributed by atoms with E-state index in [0.717, 1.165) is 17.8 Å². The highest BCUT2D eigenvalue weighted by atomic mass is 127. The van der Waals surface area contributed by atoms with E-state index in [2.05, 4.69) is 39.0 Å². The topological polar surface area (TPSA) is 51.0 Å². The molecular weight excluding hydrogens is 355 g/mol. The Morgan fingerprint density at radius 1 is 1.37 bits per heavy atom. The zero-order chi connectivity index (χ0) is 13.4. The molecule has 0 bridgehead atoms. The number of aryl methyl sites for hydroxylation is 2. The number of hydrogen-bond acceptors (Lipinski definition) is 3. The summed E-state index contributed by atoms with van der Waals surface area (Å²) in [6, 6.07) is 6.19. The summed E-state index contributed by atoms with van der Waals surface area (Å²) >= 11 is 2.30. The van der Waals surface area contributed by atoms with E-state index in [1.807, 2.05) is 25.4 Å². The van der Waals surface area contributed by atoms with Crippen molar-refractivity contribution in [2.24, 2.45) is 7.05 Å². The van der Waals surface area contributed by atoms with Crippen molar-refractivity contribution in [1.82, 2.24) is 15.0 Å². The monoisotopic (exact) mass is 368 g/mol. The van der Waals surface area contributed by atoms with Crippen LogP contribution in [-0.4, -0.2) is 20.9 Å². The molecule has 2 heterocycles. The van der Waals surface area contributed by atoms with Gasteiger partial charge in [-0.15, -0.1) is 5.10 Å². The highest BCUT2D eigenvalue weighted by Gasteiger charge is 2.24. The Kier molecular flexibility index (Phi) is 3.26. The molecule has 0 aliphatic carbocycles. The molecule has 3 rings (SSSR count). The van der Waals surface area contributed by atoms with E-state index in [1.54, 1.807) is 9.58 Å². The number of anilines is 1. The molecule has 1 aliphatic rings. The van der Waals surface area contributed by atoms with Gasteiger partial charge in [0.25, 0.3) is 0 Å². The second kappa shape index (κ2) is 4.92. The molecule has 5 nitrogen and oxygen atoms in total. The number of amides is 1. The fourth-order valence-corrected chi connectivity index (χ4v) is 2.89. The second-order valence-corrected chi connectivity index (χ2v) is 5.88. The summed E-state index contributed by atoms with van der Waals surface area (Å²) in [7, 11) is 1.82. The first-order valence-electron chi connectivity index (χ1n) is 6.07. The predicted octanol–water partition coefficient (Wildman–Crippen LogP) is 1.90. The molecule has 0 N–H and O–H groups in total. The fraction of sp³-hybridized carbons (Fsp3) is 0.308. The van der Waals surface area contributed by atoms with Gasteiger partial charge in [-0.25, -0.2) is 0 Å². The Labute approximate surface area is 124 Å². The highest BCUT2D eigenvalue weighted by molar-refractivity contribution is 14.1. The molecule has 1 aromatic heterocycles. The second-order valence-electron chi connectivity index (χ2n) is 4.64. The van der Waals surface area contributed by atoms with E-state index in [4.69, 9.17) is 0 Å². The molecule has 0 fully saturated rings. The van der Waals surface area contributed by atoms with Crippen LogP contribution in [0.3, 0.4) is 0 Å². The third-order valence-corrected chi connectivity index (χ3v) is 3.88. The number of carbonyl (C=O) groups excluding carboxylic acids is 1. The van der Waals surface area contributed by atoms with Crippen LogP contribution in [0, 0.1) is 3.57 Å². The first-order valence-corrected chi connectivity index (χ1v) is 7.15. The number of carbonyl (C=O) groups is 1. The fourth-order valence-electron chi connectivity index (χ4n) is 2.33. The van der Waals surface area contributed by atoms with E-state index >= 15 is 0 Å². The van der Waals surface area contributed by atoms with Gasteiger partial charge in [-0.2, -0.15) is 0 Å². The van der Waals surface area contributed by atoms with Gasteiger partial charge in [-0.05, 0) is 52.8 Å². The number of fused-ring (bicyclic) bond motifs is 1. The molecule has 98 valence electrons. The number of hydrogen-bond donors (Lipinski definition) is 0. The number of benzene rings is 1. The van der Waals surface area contributed by atoms with Gasteiger partial charge in [0.15, 0.2) is 0 Å². The van der Waals surface area contributed by atoms with Crippen LogP contribution in [0.5, 0.6) is 0 Å². The molecule has 0 unspecified atom stereocenters. The average molecular weight is 368 g/mol. The van der Waals surface area contributed by atoms with Crippen molar-refractivity contribution in [1.29, 1.82) is 0 Å². The molecule has 0 spiro atoms. The average Bonchev–Trinajstić information content (AvgIpc) is 2.78. The largest absolute Gasteiger partial charge is 0.306 e. The summed E-state index contributed by atoms with van der Waals surface area (Å²) in [4.78, 5) is 13.9. The van der Waals surface area contributed by atoms with Crippen LogP contribution in [0.4, 0.5) is 5.69 Å². The van der Waals surface area contributed by atoms with Crippen molar-refractivity contribution < 1.29 is 4.79 Å². The SMILES string of the molecule is Cn1cc(CN2C(=O)CCc3cc(I)ccc32)nn1. The maximum atomic E-state index is 12.1. The van der Waals surface area contributed by atoms with Gasteiger partial charge >= 0.3 is 0 Å². The van der Waals surface area contributed by atoms with Crippen molar-refractivity contribution in [2.45, 2.75) is 19.4 Å². The molecule has 0 saturated heterocycles. The molecule has 19 heavy (non-hydrogen) atoms. The molecule has 1 aliphatic heterocycles. The smallest absolute Gasteiger partial charge is 0.227 e. The quantitative estimate of drug-likeness (QED) is 0.761. The molecule has 1 amide bonds. The lowest BCUT2D eigenvalue weighted by molar-refractivity contribution is -0.119. The number of nitrogens with zero attached hydrogens (tertiary/aromatic N) is 4. The first kappa shape index (κ1) is 12.6. The van der Waals surface area contributed by atoms with Crippen molar-refractivity contribution in [3.8, 4) is 0 Å². The number of rotatable bonds is 2. The lowest BCUT2D eigenvalue weighted by atomic mass is 10.0. The summed E-state index contributed by atoms with van der Waals surface area (Å²) in [5.74, 6) is 0.152. The van der Waals surface area contributed by atoms with Crippen LogP contribution in [0.1, 0.15) is 17.7 Å². The highest BCUT2D eigenvalue weighted by Crippen LogP contribution is 2.30. The molecule has 2 aromatic rings. The molecule has 1 aromatic carbocycles. The van der Waals surface area contributed by atoms with Gasteiger partial charge in [0.2, 0.25) is 5.91 Å². The van der Waals surface area contributed by atoms with Crippen LogP contribution in [0.2, 0.25) is 0 Å². The predicted molar refractivity (Wildman–Crippen MR) is 79.7 cm³/mol. The van der Waals surface area contributed by atoms with Crippen LogP contribution in [-0.2, 0) is 24.8 Å². The van der Waals surface area contributed by atoms with Gasteiger partial charge in [0.05, 0.1) is 6.54 Å². The first-order chi connectivity index (χ1) is 9.13. The molecular formula is C13H13IN4O. The Morgan fingerprint density at radius 2 is 2.21 bits per heavy atom. The molecule has 0 atom stereocenters. The lowest BCUT2D eigenvalue weighted by Gasteiger charge is -2.28. The zero-order valence-corrected chi connectivity index (χ0v) is 12.7. The Morgan fingerprint density at radius 3 is 2.95 bits per heavy atom. The van der Waals surface area contributed by atoms with Crippen molar-refractivity contribution >= 4 is 34.2 Å². The van der Waals surface area contributed by atoms with E-state index < -0.39 is 0 Å². The van der Waals surface area contributed by atoms with E-state index in [-0.39, 0.29) is 5.91 Å². The summed E-state index contributed by atoms with van der Waals surface area (Å²) < 4.78 is 2.85. The van der Waals surface area contributed by atoms with Crippen molar-refractivity contribution in [3.63, 3.8) is 0 Å². The van der Waals surface area contributed by atoms with Gasteiger partial charge in [0, 0.05) is 28.9 Å². The normalized spacial score (nSPS) is 14.6. The Hall–Kier alpha value is -1.44. The maximum absolute atomic E-state index is 12.1. The molecule has 6 heteroatoms. The summed E-state index contributed by atoms with van der Waals surface area (Å²) in [5, 5.41) is 7.96. The lowest BCUT2D eigenvalue weighted by Crippen LogP contribution is -2.34. The van der Waals surface area contributed by atoms with Crippen LogP contribution in [0.15, 0.2) is 24.4 Å². The number of aromatic nitrogens is 3. The minimum atomic E-state index is 0.152.